The van der Waals surface area contributed by atoms with E-state index in [9.17, 15) is 9.50 Å². The Morgan fingerprint density at radius 1 is 1.18 bits per heavy atom. The monoisotopic (exact) mass is 317 g/mol. The summed E-state index contributed by atoms with van der Waals surface area (Å²) in [6.45, 7) is 7.09. The first kappa shape index (κ1) is 14.9. The van der Waals surface area contributed by atoms with Gasteiger partial charge in [-0.15, -0.1) is 0 Å². The molecule has 2 aromatic carbocycles. The van der Waals surface area contributed by atoms with Crippen molar-refractivity contribution < 1.29 is 9.50 Å². The zero-order chi connectivity index (χ0) is 15.9. The Kier molecular flexibility index (Phi) is 3.83. The van der Waals surface area contributed by atoms with Gasteiger partial charge in [0.15, 0.2) is 0 Å². The van der Waals surface area contributed by atoms with Crippen molar-refractivity contribution in [3.8, 4) is 11.1 Å². The van der Waals surface area contributed by atoms with Gasteiger partial charge in [0.05, 0.1) is 11.7 Å². The van der Waals surface area contributed by atoms with Gasteiger partial charge < -0.3 is 10.0 Å². The van der Waals surface area contributed by atoms with Gasteiger partial charge in [0, 0.05) is 23.8 Å². The normalized spacial score (nSPS) is 14.8. The van der Waals surface area contributed by atoms with Gasteiger partial charge in [-0.1, -0.05) is 24.2 Å². The molecular weight excluding hydrogens is 301 g/mol. The average Bonchev–Trinajstić information content (AvgIpc) is 2.34. The first-order chi connectivity index (χ1) is 10.4. The van der Waals surface area contributed by atoms with Crippen LogP contribution in [-0.2, 0) is 0 Å². The largest absolute Gasteiger partial charge is 0.513 e. The summed E-state index contributed by atoms with van der Waals surface area (Å²) in [4.78, 5) is 2.17. The van der Waals surface area contributed by atoms with Gasteiger partial charge in [-0.3, -0.25) is 0 Å². The highest BCUT2D eigenvalue weighted by atomic mass is 35.5. The van der Waals surface area contributed by atoms with Crippen LogP contribution < -0.4 is 4.90 Å². The van der Waals surface area contributed by atoms with Crippen LogP contribution in [0.15, 0.2) is 48.7 Å². The molecule has 1 heterocycles. The van der Waals surface area contributed by atoms with E-state index >= 15 is 0 Å². The average molecular weight is 318 g/mol. The van der Waals surface area contributed by atoms with E-state index < -0.39 is 0 Å². The van der Waals surface area contributed by atoms with Gasteiger partial charge in [0.1, 0.15) is 5.82 Å². The molecule has 2 aromatic rings. The van der Waals surface area contributed by atoms with Gasteiger partial charge >= 0.3 is 0 Å². The molecule has 4 heteroatoms. The van der Waals surface area contributed by atoms with Crippen LogP contribution in [0.1, 0.15) is 5.56 Å². The number of aryl methyl sites for hydroxylation is 1. The molecule has 0 aliphatic carbocycles. The smallest absolute Gasteiger partial charge is 0.125 e. The van der Waals surface area contributed by atoms with Crippen molar-refractivity contribution in [2.45, 2.75) is 6.92 Å². The SMILES string of the molecule is C=C(O)C1CN(c2cc(C)cc(-c3cc(F)cc(Cl)c3)c2)C1. The third-order valence-corrected chi connectivity index (χ3v) is 4.19. The number of aliphatic hydroxyl groups excluding tert-OH is 1. The first-order valence-electron chi connectivity index (χ1n) is 7.13. The van der Waals surface area contributed by atoms with Gasteiger partial charge in [-0.2, -0.15) is 0 Å². The molecule has 0 unspecified atom stereocenters. The molecule has 0 bridgehead atoms. The van der Waals surface area contributed by atoms with Crippen molar-refractivity contribution in [2.75, 3.05) is 18.0 Å². The maximum Gasteiger partial charge on any atom is 0.125 e. The molecule has 22 heavy (non-hydrogen) atoms. The van der Waals surface area contributed by atoms with Crippen LogP contribution in [0.5, 0.6) is 0 Å². The second kappa shape index (κ2) is 5.65. The molecule has 0 amide bonds. The number of aliphatic hydroxyl groups is 1. The van der Waals surface area contributed by atoms with Gasteiger partial charge in [0.25, 0.3) is 0 Å². The molecule has 114 valence electrons. The lowest BCUT2D eigenvalue weighted by atomic mass is 9.95. The van der Waals surface area contributed by atoms with Crippen molar-refractivity contribution >= 4 is 17.3 Å². The molecule has 2 nitrogen and oxygen atoms in total. The third-order valence-electron chi connectivity index (χ3n) is 3.98. The minimum absolute atomic E-state index is 0.132. The number of rotatable bonds is 3. The highest BCUT2D eigenvalue weighted by Crippen LogP contribution is 2.33. The van der Waals surface area contributed by atoms with Gasteiger partial charge in [0.2, 0.25) is 0 Å². The van der Waals surface area contributed by atoms with Crippen LogP contribution in [-0.4, -0.2) is 18.2 Å². The van der Waals surface area contributed by atoms with Crippen molar-refractivity contribution in [2.24, 2.45) is 5.92 Å². The zero-order valence-corrected chi connectivity index (χ0v) is 13.1. The van der Waals surface area contributed by atoms with E-state index in [1.165, 1.54) is 12.1 Å². The highest BCUT2D eigenvalue weighted by molar-refractivity contribution is 6.30. The minimum atomic E-state index is -0.342. The summed E-state index contributed by atoms with van der Waals surface area (Å²) in [5.74, 6) is 0.0276. The summed E-state index contributed by atoms with van der Waals surface area (Å²) >= 11 is 5.95. The molecule has 1 aliphatic rings. The van der Waals surface area contributed by atoms with Gasteiger partial charge in [-0.05, 0) is 53.9 Å². The van der Waals surface area contributed by atoms with E-state index in [0.717, 1.165) is 35.5 Å². The first-order valence-corrected chi connectivity index (χ1v) is 7.51. The number of hydrogen-bond acceptors (Lipinski definition) is 2. The number of halogens is 2. The molecular formula is C18H17ClFNO. The summed E-state index contributed by atoms with van der Waals surface area (Å²) < 4.78 is 13.6. The molecule has 1 saturated heterocycles. The van der Waals surface area contributed by atoms with E-state index in [1.54, 1.807) is 6.07 Å². The van der Waals surface area contributed by atoms with Crippen LogP contribution in [0.4, 0.5) is 10.1 Å². The van der Waals surface area contributed by atoms with Crippen LogP contribution in [0.2, 0.25) is 5.02 Å². The predicted octanol–water partition coefficient (Wildman–Crippen LogP) is 4.96. The van der Waals surface area contributed by atoms with E-state index in [1.807, 2.05) is 19.1 Å². The number of anilines is 1. The van der Waals surface area contributed by atoms with Crippen molar-refractivity contribution in [1.82, 2.24) is 0 Å². The topological polar surface area (TPSA) is 23.5 Å². The number of benzene rings is 2. The fraction of sp³-hybridized carbons (Fsp3) is 0.222. The maximum absolute atomic E-state index is 13.6. The molecule has 3 rings (SSSR count). The molecule has 0 spiro atoms. The predicted molar refractivity (Wildman–Crippen MR) is 89.1 cm³/mol. The lowest BCUT2D eigenvalue weighted by molar-refractivity contribution is 0.296. The Hall–Kier alpha value is -2.00. The number of nitrogens with zero attached hydrogens (tertiary/aromatic N) is 1. The zero-order valence-electron chi connectivity index (χ0n) is 12.3. The van der Waals surface area contributed by atoms with Crippen LogP contribution >= 0.6 is 11.6 Å². The molecule has 0 saturated carbocycles. The summed E-state index contributed by atoms with van der Waals surface area (Å²) in [5, 5.41) is 9.80. The van der Waals surface area contributed by atoms with E-state index in [4.69, 9.17) is 11.6 Å². The summed E-state index contributed by atoms with van der Waals surface area (Å²) in [5.41, 5.74) is 3.85. The second-order valence-corrected chi connectivity index (χ2v) is 6.25. The molecule has 0 atom stereocenters. The minimum Gasteiger partial charge on any atom is -0.513 e. The Morgan fingerprint density at radius 2 is 1.86 bits per heavy atom. The summed E-state index contributed by atoms with van der Waals surface area (Å²) in [7, 11) is 0. The maximum atomic E-state index is 13.6. The van der Waals surface area contributed by atoms with Crippen LogP contribution in [0, 0.1) is 18.7 Å². The van der Waals surface area contributed by atoms with E-state index in [2.05, 4.69) is 17.5 Å². The molecule has 1 N–H and O–H groups in total. The Labute approximate surface area is 134 Å². The lowest BCUT2D eigenvalue weighted by Crippen LogP contribution is -2.47. The number of hydrogen-bond donors (Lipinski definition) is 1. The van der Waals surface area contributed by atoms with Crippen molar-refractivity contribution in [3.63, 3.8) is 0 Å². The fourth-order valence-electron chi connectivity index (χ4n) is 2.73. The Bertz CT molecular complexity index is 718. The Morgan fingerprint density at radius 3 is 2.50 bits per heavy atom. The molecule has 1 aliphatic heterocycles. The van der Waals surface area contributed by atoms with Crippen LogP contribution in [0.25, 0.3) is 11.1 Å². The Balaban J connectivity index is 1.92. The van der Waals surface area contributed by atoms with E-state index in [-0.39, 0.29) is 17.5 Å². The third kappa shape index (κ3) is 2.95. The molecule has 0 aromatic heterocycles. The lowest BCUT2D eigenvalue weighted by Gasteiger charge is -2.40. The quantitative estimate of drug-likeness (QED) is 0.809. The van der Waals surface area contributed by atoms with Crippen molar-refractivity contribution in [1.29, 1.82) is 0 Å². The standard InChI is InChI=1S/C18H17ClFNO/c1-11-3-13(14-5-16(19)8-17(20)6-14)7-18(4-11)21-9-15(10-21)12(2)22/h3-8,15,22H,2,9-10H2,1H3. The fourth-order valence-corrected chi connectivity index (χ4v) is 2.95. The highest BCUT2D eigenvalue weighted by Gasteiger charge is 2.29. The summed E-state index contributed by atoms with van der Waals surface area (Å²) in [6.07, 6.45) is 0. The second-order valence-electron chi connectivity index (χ2n) is 5.81. The molecule has 1 fully saturated rings. The molecule has 0 radical (unpaired) electrons. The van der Waals surface area contributed by atoms with Gasteiger partial charge in [-0.25, -0.2) is 4.39 Å². The van der Waals surface area contributed by atoms with Crippen molar-refractivity contribution in [3.05, 3.63) is 65.1 Å². The van der Waals surface area contributed by atoms with E-state index in [0.29, 0.717) is 5.02 Å². The van der Waals surface area contributed by atoms with Crippen LogP contribution in [0.3, 0.4) is 0 Å². The summed E-state index contributed by atoms with van der Waals surface area (Å²) in [6, 6.07) is 10.7.